The van der Waals surface area contributed by atoms with Crippen molar-refractivity contribution in [2.45, 2.75) is 57.6 Å². The van der Waals surface area contributed by atoms with Crippen LogP contribution < -0.4 is 14.4 Å². The lowest BCUT2D eigenvalue weighted by Crippen LogP contribution is -2.52. The molecule has 0 saturated carbocycles. The van der Waals surface area contributed by atoms with Gasteiger partial charge in [0.05, 0.1) is 17.7 Å². The molecule has 10 heteroatoms. The van der Waals surface area contributed by atoms with E-state index in [0.717, 1.165) is 16.3 Å². The zero-order valence-corrected chi connectivity index (χ0v) is 25.0. The number of nitrogens with zero attached hydrogens (tertiary/aromatic N) is 2. The molecule has 0 aromatic heterocycles. The minimum Gasteiger partial charge on any atom is -0.497 e. The summed E-state index contributed by atoms with van der Waals surface area (Å²) in [6.07, 6.45) is 0.721. The van der Waals surface area contributed by atoms with E-state index in [1.807, 2.05) is 20.8 Å². The van der Waals surface area contributed by atoms with E-state index in [2.05, 4.69) is 5.32 Å². The van der Waals surface area contributed by atoms with Crippen LogP contribution in [-0.2, 0) is 26.2 Å². The molecule has 0 aliphatic carbocycles. The second-order valence-electron chi connectivity index (χ2n) is 9.67. The zero-order valence-electron chi connectivity index (χ0n) is 23.4. The highest BCUT2D eigenvalue weighted by molar-refractivity contribution is 7.92. The summed E-state index contributed by atoms with van der Waals surface area (Å²) in [5.41, 5.74) is 1.86. The molecular weight excluding hydrogens is 550 g/mol. The standard InChI is InChI=1S/C30H36ClN3O5S/c1-6-22(3)32-30(36)23(4)33(19-24-9-7-10-25(31)17-24)29(35)20-34(26-11-8-12-27(18-26)39-5)40(37,38)28-15-13-21(2)14-16-28/h7-18,22-23H,6,19-20H2,1-5H3,(H,32,36). The Morgan fingerprint density at radius 2 is 1.68 bits per heavy atom. The average Bonchev–Trinajstić information content (AvgIpc) is 2.94. The fourth-order valence-electron chi connectivity index (χ4n) is 4.01. The van der Waals surface area contributed by atoms with E-state index in [9.17, 15) is 18.0 Å². The Morgan fingerprint density at radius 3 is 2.30 bits per heavy atom. The number of amides is 2. The van der Waals surface area contributed by atoms with Gasteiger partial charge in [0.15, 0.2) is 0 Å². The number of halogens is 1. The molecular formula is C30H36ClN3O5S. The van der Waals surface area contributed by atoms with E-state index in [0.29, 0.717) is 16.3 Å². The smallest absolute Gasteiger partial charge is 0.264 e. The largest absolute Gasteiger partial charge is 0.497 e. The van der Waals surface area contributed by atoms with E-state index in [4.69, 9.17) is 16.3 Å². The molecule has 3 aromatic rings. The van der Waals surface area contributed by atoms with Crippen molar-refractivity contribution in [1.82, 2.24) is 10.2 Å². The zero-order chi connectivity index (χ0) is 29.4. The molecule has 40 heavy (non-hydrogen) atoms. The molecule has 1 N–H and O–H groups in total. The molecule has 2 unspecified atom stereocenters. The number of carbonyl (C=O) groups is 2. The lowest BCUT2D eigenvalue weighted by atomic mass is 10.1. The highest BCUT2D eigenvalue weighted by Crippen LogP contribution is 2.28. The van der Waals surface area contributed by atoms with Crippen molar-refractivity contribution in [3.8, 4) is 5.75 Å². The molecule has 2 amide bonds. The quantitative estimate of drug-likeness (QED) is 0.316. The monoisotopic (exact) mass is 585 g/mol. The van der Waals surface area contributed by atoms with Crippen molar-refractivity contribution in [2.75, 3.05) is 18.0 Å². The van der Waals surface area contributed by atoms with Crippen molar-refractivity contribution in [1.29, 1.82) is 0 Å². The summed E-state index contributed by atoms with van der Waals surface area (Å²) >= 11 is 6.19. The van der Waals surface area contributed by atoms with Crippen LogP contribution in [0.1, 0.15) is 38.3 Å². The number of rotatable bonds is 12. The molecule has 3 rings (SSSR count). The van der Waals surface area contributed by atoms with Crippen LogP contribution in [0.25, 0.3) is 0 Å². The highest BCUT2D eigenvalue weighted by Gasteiger charge is 2.33. The Kier molecular flexibility index (Phi) is 10.6. The molecule has 0 spiro atoms. The minimum absolute atomic E-state index is 0.0395. The first-order chi connectivity index (χ1) is 19.0. The average molecular weight is 586 g/mol. The molecule has 3 aromatic carbocycles. The number of benzene rings is 3. The normalized spacial score (nSPS) is 12.8. The lowest BCUT2D eigenvalue weighted by Gasteiger charge is -2.32. The fraction of sp³-hybridized carbons (Fsp3) is 0.333. The molecule has 0 bridgehead atoms. The van der Waals surface area contributed by atoms with Crippen molar-refractivity contribution in [3.63, 3.8) is 0 Å². The summed E-state index contributed by atoms with van der Waals surface area (Å²) < 4.78 is 34.2. The van der Waals surface area contributed by atoms with Gasteiger partial charge >= 0.3 is 0 Å². The summed E-state index contributed by atoms with van der Waals surface area (Å²) in [4.78, 5) is 28.5. The van der Waals surface area contributed by atoms with Crippen LogP contribution in [0, 0.1) is 6.92 Å². The number of carbonyl (C=O) groups excluding carboxylic acids is 2. The lowest BCUT2D eigenvalue weighted by molar-refractivity contribution is -0.139. The third-order valence-electron chi connectivity index (χ3n) is 6.64. The third kappa shape index (κ3) is 7.76. The number of methoxy groups -OCH3 is 1. The molecule has 0 fully saturated rings. The van der Waals surface area contributed by atoms with E-state index < -0.39 is 28.5 Å². The molecule has 214 valence electrons. The van der Waals surface area contributed by atoms with Gasteiger partial charge in [-0.3, -0.25) is 13.9 Å². The molecule has 0 heterocycles. The Bertz CT molecular complexity index is 1430. The molecule has 0 saturated heterocycles. The van der Waals surface area contributed by atoms with Gasteiger partial charge in [0.1, 0.15) is 18.3 Å². The van der Waals surface area contributed by atoms with Gasteiger partial charge in [-0.1, -0.05) is 54.4 Å². The summed E-state index contributed by atoms with van der Waals surface area (Å²) in [6.45, 7) is 6.85. The molecule has 0 aliphatic rings. The number of ether oxygens (including phenoxy) is 1. The second-order valence-corrected chi connectivity index (χ2v) is 12.0. The van der Waals surface area contributed by atoms with Gasteiger partial charge in [-0.05, 0) is 69.2 Å². The van der Waals surface area contributed by atoms with Crippen LogP contribution in [0.4, 0.5) is 5.69 Å². The molecule has 8 nitrogen and oxygen atoms in total. The Balaban J connectivity index is 2.05. The van der Waals surface area contributed by atoms with Gasteiger partial charge in [0.2, 0.25) is 11.8 Å². The van der Waals surface area contributed by atoms with Gasteiger partial charge < -0.3 is 15.0 Å². The second kappa shape index (κ2) is 13.7. The van der Waals surface area contributed by atoms with Crippen molar-refractivity contribution in [2.24, 2.45) is 0 Å². The van der Waals surface area contributed by atoms with Crippen LogP contribution in [0.3, 0.4) is 0 Å². The van der Waals surface area contributed by atoms with Gasteiger partial charge in [-0.2, -0.15) is 0 Å². The van der Waals surface area contributed by atoms with E-state index >= 15 is 0 Å². The first kappa shape index (κ1) is 31.0. The predicted octanol–water partition coefficient (Wildman–Crippen LogP) is 5.18. The SMILES string of the molecule is CCC(C)NC(=O)C(C)N(Cc1cccc(Cl)c1)C(=O)CN(c1cccc(OC)c1)S(=O)(=O)c1ccc(C)cc1. The Labute approximate surface area is 241 Å². The Morgan fingerprint density at radius 1 is 1.00 bits per heavy atom. The van der Waals surface area contributed by atoms with Crippen LogP contribution in [-0.4, -0.2) is 50.9 Å². The van der Waals surface area contributed by atoms with Crippen molar-refractivity contribution < 1.29 is 22.7 Å². The Hall–Kier alpha value is -3.56. The fourth-order valence-corrected chi connectivity index (χ4v) is 5.63. The van der Waals surface area contributed by atoms with Gasteiger partial charge in [-0.25, -0.2) is 8.42 Å². The topological polar surface area (TPSA) is 96.0 Å². The number of hydrogen-bond acceptors (Lipinski definition) is 5. The molecule has 0 radical (unpaired) electrons. The maximum atomic E-state index is 14.0. The van der Waals surface area contributed by atoms with E-state index in [-0.39, 0.29) is 29.1 Å². The molecule has 2 atom stereocenters. The van der Waals surface area contributed by atoms with Crippen LogP contribution in [0.15, 0.2) is 77.7 Å². The van der Waals surface area contributed by atoms with E-state index in [1.165, 1.54) is 24.1 Å². The van der Waals surface area contributed by atoms with Gasteiger partial charge in [-0.15, -0.1) is 0 Å². The highest BCUT2D eigenvalue weighted by atomic mass is 35.5. The number of aryl methyl sites for hydroxylation is 1. The van der Waals surface area contributed by atoms with Crippen molar-refractivity contribution in [3.05, 3.63) is 88.9 Å². The first-order valence-corrected chi connectivity index (χ1v) is 14.9. The summed E-state index contributed by atoms with van der Waals surface area (Å²) in [6, 6.07) is 18.9. The van der Waals surface area contributed by atoms with Crippen molar-refractivity contribution >= 4 is 39.1 Å². The number of hydrogen-bond donors (Lipinski definition) is 1. The summed E-state index contributed by atoms with van der Waals surface area (Å²) in [5, 5.41) is 3.40. The predicted molar refractivity (Wildman–Crippen MR) is 158 cm³/mol. The van der Waals surface area contributed by atoms with Gasteiger partial charge in [0, 0.05) is 23.7 Å². The van der Waals surface area contributed by atoms with Crippen LogP contribution in [0.2, 0.25) is 5.02 Å². The number of nitrogens with one attached hydrogen (secondary N) is 1. The van der Waals surface area contributed by atoms with Crippen LogP contribution in [0.5, 0.6) is 5.75 Å². The number of sulfonamides is 1. The summed E-state index contributed by atoms with van der Waals surface area (Å²) in [5.74, 6) is -0.449. The minimum atomic E-state index is -4.16. The summed E-state index contributed by atoms with van der Waals surface area (Å²) in [7, 11) is -2.68. The maximum Gasteiger partial charge on any atom is 0.264 e. The first-order valence-electron chi connectivity index (χ1n) is 13.0. The number of anilines is 1. The third-order valence-corrected chi connectivity index (χ3v) is 8.66. The maximum absolute atomic E-state index is 14.0. The van der Waals surface area contributed by atoms with Gasteiger partial charge in [0.25, 0.3) is 10.0 Å². The van der Waals surface area contributed by atoms with E-state index in [1.54, 1.807) is 67.6 Å². The molecule has 0 aliphatic heterocycles. The van der Waals surface area contributed by atoms with Crippen LogP contribution >= 0.6 is 11.6 Å².